The van der Waals surface area contributed by atoms with Gasteiger partial charge in [0.15, 0.2) is 0 Å². The smallest absolute Gasteiger partial charge is 0.320 e. The number of aliphatic hydroxyl groups is 4. The van der Waals surface area contributed by atoms with Crippen LogP contribution in [0.5, 0.6) is 5.75 Å². The van der Waals surface area contributed by atoms with Crippen LogP contribution in [0.3, 0.4) is 0 Å². The van der Waals surface area contributed by atoms with Crippen molar-refractivity contribution in [3.8, 4) is 5.75 Å². The molecule has 1 aliphatic rings. The number of carboxylic acids is 1. The van der Waals surface area contributed by atoms with Crippen molar-refractivity contribution in [3.05, 3.63) is 100 Å². The highest BCUT2D eigenvalue weighted by Crippen LogP contribution is 2.34. The van der Waals surface area contributed by atoms with Gasteiger partial charge in [0.05, 0.1) is 26.4 Å². The van der Waals surface area contributed by atoms with Crippen LogP contribution in [0.25, 0.3) is 0 Å². The molecule has 11 nitrogen and oxygen atoms in total. The normalized spacial score (nSPS) is 21.8. The molecule has 0 bridgehead atoms. The maximum atomic E-state index is 10.4. The number of halogens is 1. The highest BCUT2D eigenvalue weighted by molar-refractivity contribution is 6.31. The zero-order valence-electron chi connectivity index (χ0n) is 25.1. The van der Waals surface area contributed by atoms with E-state index in [1.54, 1.807) is 25.3 Å². The van der Waals surface area contributed by atoms with Gasteiger partial charge in [0.2, 0.25) is 0 Å². The van der Waals surface area contributed by atoms with Crippen LogP contribution in [0.2, 0.25) is 5.02 Å². The van der Waals surface area contributed by atoms with Crippen molar-refractivity contribution >= 4 is 17.6 Å². The van der Waals surface area contributed by atoms with E-state index in [1.807, 2.05) is 54.6 Å². The second-order valence-corrected chi connectivity index (χ2v) is 10.9. The van der Waals surface area contributed by atoms with Gasteiger partial charge in [-0.3, -0.25) is 4.79 Å². The molecule has 3 aromatic carbocycles. The lowest BCUT2D eigenvalue weighted by molar-refractivity contribution is -0.231. The topological polar surface area (TPSA) is 181 Å². The fourth-order valence-corrected chi connectivity index (χ4v) is 4.81. The third-order valence-electron chi connectivity index (χ3n) is 7.15. The number of carbonyl (C=O) groups is 1. The maximum absolute atomic E-state index is 10.4. The second-order valence-electron chi connectivity index (χ2n) is 10.5. The Morgan fingerprint density at radius 2 is 1.60 bits per heavy atom. The summed E-state index contributed by atoms with van der Waals surface area (Å²) in [6.45, 7) is 1.52. The second kappa shape index (κ2) is 18.8. The van der Waals surface area contributed by atoms with Gasteiger partial charge in [-0.15, -0.1) is 0 Å². The Kier molecular flexibility index (Phi) is 15.2. The predicted molar refractivity (Wildman–Crippen MR) is 167 cm³/mol. The molecular weight excluding hydrogens is 606 g/mol. The predicted octanol–water partition coefficient (Wildman–Crippen LogP) is 2.13. The van der Waals surface area contributed by atoms with Crippen LogP contribution in [-0.4, -0.2) is 102 Å². The summed E-state index contributed by atoms with van der Waals surface area (Å²) in [5, 5.41) is 49.0. The van der Waals surface area contributed by atoms with Gasteiger partial charge >= 0.3 is 5.97 Å². The molecule has 45 heavy (non-hydrogen) atoms. The van der Waals surface area contributed by atoms with E-state index in [9.17, 15) is 25.2 Å². The van der Waals surface area contributed by atoms with Crippen LogP contribution in [-0.2, 0) is 31.8 Å². The van der Waals surface area contributed by atoms with E-state index in [4.69, 9.17) is 41.4 Å². The van der Waals surface area contributed by atoms with Gasteiger partial charge in [-0.05, 0) is 53.3 Å². The Labute approximate surface area is 267 Å². The molecule has 0 radical (unpaired) electrons. The zero-order chi connectivity index (χ0) is 32.8. The molecule has 0 amide bonds. The van der Waals surface area contributed by atoms with Gasteiger partial charge < -0.3 is 50.2 Å². The lowest BCUT2D eigenvalue weighted by atomic mass is 9.90. The summed E-state index contributed by atoms with van der Waals surface area (Å²) in [4.78, 5) is 10.4. The van der Waals surface area contributed by atoms with Crippen molar-refractivity contribution in [2.75, 3.05) is 40.1 Å². The first kappa shape index (κ1) is 36.4. The molecule has 1 heterocycles. The Bertz CT molecular complexity index is 1290. The van der Waals surface area contributed by atoms with Crippen molar-refractivity contribution in [2.24, 2.45) is 5.73 Å². The van der Waals surface area contributed by atoms with Gasteiger partial charge in [-0.2, -0.15) is 0 Å². The molecule has 0 aromatic heterocycles. The van der Waals surface area contributed by atoms with E-state index in [1.165, 1.54) is 0 Å². The van der Waals surface area contributed by atoms with E-state index < -0.39 is 49.1 Å². The molecule has 7 N–H and O–H groups in total. The first-order valence-electron chi connectivity index (χ1n) is 14.5. The third-order valence-corrected chi connectivity index (χ3v) is 7.52. The summed E-state index contributed by atoms with van der Waals surface area (Å²) in [5.41, 5.74) is 8.71. The molecule has 4 rings (SSSR count). The number of methoxy groups -OCH3 is 1. The quantitative estimate of drug-likeness (QED) is 0.141. The minimum absolute atomic E-state index is 0.385. The van der Waals surface area contributed by atoms with Gasteiger partial charge in [0, 0.05) is 12.1 Å². The Hall–Kier alpha value is -3.10. The Morgan fingerprint density at radius 3 is 2.24 bits per heavy atom. The van der Waals surface area contributed by atoms with Crippen molar-refractivity contribution < 1.29 is 49.3 Å². The Morgan fingerprint density at radius 1 is 0.911 bits per heavy atom. The summed E-state index contributed by atoms with van der Waals surface area (Å²) in [5.74, 6) is -0.228. The van der Waals surface area contributed by atoms with Crippen LogP contribution in [0.1, 0.15) is 28.4 Å². The molecule has 3 aromatic rings. The maximum Gasteiger partial charge on any atom is 0.320 e. The molecule has 6 atom stereocenters. The summed E-state index contributed by atoms with van der Waals surface area (Å²) < 4.78 is 21.6. The van der Waals surface area contributed by atoms with E-state index in [-0.39, 0.29) is 0 Å². The zero-order valence-corrected chi connectivity index (χ0v) is 25.8. The number of aliphatic hydroxyl groups excluding tert-OH is 4. The molecule has 1 aliphatic heterocycles. The average molecular weight is 648 g/mol. The number of rotatable bonds is 14. The first-order chi connectivity index (χ1) is 21.6. The number of aliphatic carboxylic acids is 1. The van der Waals surface area contributed by atoms with E-state index in [0.29, 0.717) is 49.9 Å². The van der Waals surface area contributed by atoms with Crippen molar-refractivity contribution in [1.82, 2.24) is 0 Å². The highest BCUT2D eigenvalue weighted by atomic mass is 35.5. The Balaban J connectivity index is 0.000000385. The molecule has 0 spiro atoms. The van der Waals surface area contributed by atoms with Gasteiger partial charge in [-0.1, -0.05) is 66.2 Å². The number of ether oxygens (including phenoxy) is 4. The van der Waals surface area contributed by atoms with E-state index in [0.717, 1.165) is 22.4 Å². The van der Waals surface area contributed by atoms with Crippen LogP contribution >= 0.6 is 11.6 Å². The summed E-state index contributed by atoms with van der Waals surface area (Å²) in [7, 11) is 1.63. The van der Waals surface area contributed by atoms with Crippen molar-refractivity contribution in [1.29, 1.82) is 0 Å². The van der Waals surface area contributed by atoms with Gasteiger partial charge in [-0.25, -0.2) is 0 Å². The number of carboxylic acid groups (broad SMARTS) is 1. The molecule has 1 fully saturated rings. The summed E-state index contributed by atoms with van der Waals surface area (Å²) in [6.07, 6.45) is -5.13. The molecule has 12 heteroatoms. The minimum Gasteiger partial charge on any atom is -0.491 e. The molecule has 0 saturated carbocycles. The average Bonchev–Trinajstić information content (AvgIpc) is 3.04. The SMILES string of the molecule is COCCOCCOc1ccc(Cc2cc([C@@H]3O[C@H](CO)[C@@H](O)[C@H](O)[C@H]3O)ccc2Cl)cc1.N[C@@H](Cc1ccccc1)C(=O)O. The van der Waals surface area contributed by atoms with Crippen LogP contribution in [0.15, 0.2) is 72.8 Å². The van der Waals surface area contributed by atoms with Crippen LogP contribution in [0.4, 0.5) is 0 Å². The molecule has 246 valence electrons. The molecule has 0 aliphatic carbocycles. The molecular formula is C33H42ClNO10. The lowest BCUT2D eigenvalue weighted by Crippen LogP contribution is -2.55. The van der Waals surface area contributed by atoms with Crippen LogP contribution < -0.4 is 10.5 Å². The molecule has 1 saturated heterocycles. The lowest BCUT2D eigenvalue weighted by Gasteiger charge is -2.40. The largest absolute Gasteiger partial charge is 0.491 e. The molecule has 0 unspecified atom stereocenters. The van der Waals surface area contributed by atoms with E-state index >= 15 is 0 Å². The third kappa shape index (κ3) is 11.3. The van der Waals surface area contributed by atoms with Crippen LogP contribution in [0, 0.1) is 0 Å². The fourth-order valence-electron chi connectivity index (χ4n) is 4.63. The monoisotopic (exact) mass is 647 g/mol. The number of hydrogen-bond acceptors (Lipinski definition) is 10. The van der Waals surface area contributed by atoms with Crippen molar-refractivity contribution in [3.63, 3.8) is 0 Å². The standard InChI is InChI=1S/C24H31ClO8.C9H11NO2/c1-30-8-9-31-10-11-32-18-5-2-15(3-6-18)12-17-13-16(4-7-19(17)25)24-23(29)22(28)21(27)20(14-26)33-24;10-8(9(11)12)6-7-4-2-1-3-5-7/h2-7,13,20-24,26-29H,8-12,14H2,1H3;1-5,8H,6,10H2,(H,11,12)/t20-,21-,22+,23-,24+;8-/m10/s1. The van der Waals surface area contributed by atoms with Gasteiger partial charge in [0.25, 0.3) is 0 Å². The fraction of sp³-hybridized carbons (Fsp3) is 0.424. The van der Waals surface area contributed by atoms with E-state index in [2.05, 4.69) is 0 Å². The van der Waals surface area contributed by atoms with Gasteiger partial charge in [0.1, 0.15) is 48.9 Å². The number of benzene rings is 3. The summed E-state index contributed by atoms with van der Waals surface area (Å²) >= 11 is 6.40. The summed E-state index contributed by atoms with van der Waals surface area (Å²) in [6, 6.07) is 21.4. The number of nitrogens with two attached hydrogens (primary N) is 1. The highest BCUT2D eigenvalue weighted by Gasteiger charge is 2.44. The van der Waals surface area contributed by atoms with Crippen molar-refractivity contribution in [2.45, 2.75) is 49.4 Å². The number of hydrogen-bond donors (Lipinski definition) is 6. The first-order valence-corrected chi connectivity index (χ1v) is 14.9. The minimum atomic E-state index is -1.43.